The first-order valence-corrected chi connectivity index (χ1v) is 9.85. The maximum atomic E-state index is 14.1. The minimum Gasteiger partial charge on any atom is -0.361 e. The highest BCUT2D eigenvalue weighted by Crippen LogP contribution is 2.33. The summed E-state index contributed by atoms with van der Waals surface area (Å²) in [5, 5.41) is 19.1. The number of H-pyrrole nitrogens is 1. The Balaban J connectivity index is 1.78. The van der Waals surface area contributed by atoms with Crippen LogP contribution in [0.3, 0.4) is 0 Å². The van der Waals surface area contributed by atoms with Gasteiger partial charge in [-0.2, -0.15) is 18.4 Å². The van der Waals surface area contributed by atoms with Crippen LogP contribution >= 0.6 is 0 Å². The molecule has 3 heterocycles. The second-order valence-electron chi connectivity index (χ2n) is 7.13. The second-order valence-corrected chi connectivity index (χ2v) is 7.13. The molecule has 1 aromatic carbocycles. The number of hydrogen-bond acceptors (Lipinski definition) is 5. The van der Waals surface area contributed by atoms with Crippen LogP contribution in [0.15, 0.2) is 52.2 Å². The monoisotopic (exact) mass is 483 g/mol. The molecule has 3 aromatic heterocycles. The molecule has 0 aliphatic heterocycles. The first-order valence-electron chi connectivity index (χ1n) is 9.85. The van der Waals surface area contributed by atoms with E-state index in [1.54, 1.807) is 6.07 Å². The zero-order valence-corrected chi connectivity index (χ0v) is 17.6. The molecule has 0 saturated heterocycles. The van der Waals surface area contributed by atoms with Gasteiger partial charge in [0.25, 0.3) is 12.2 Å². The van der Waals surface area contributed by atoms with E-state index >= 15 is 0 Å². The van der Waals surface area contributed by atoms with Crippen molar-refractivity contribution in [1.82, 2.24) is 20.1 Å². The summed E-state index contributed by atoms with van der Waals surface area (Å²) in [6.07, 6.45) is -1.96. The van der Waals surface area contributed by atoms with Crippen molar-refractivity contribution in [1.29, 1.82) is 5.26 Å². The SMILES string of the molecule is N#Cc1c(Cc2cc(-c3ccccc3F)no2)[nH]c(C(N)=NC=[NH2+])c1-c1cnc(C(F)(F)F)nc1. The molecule has 0 saturated carbocycles. The van der Waals surface area contributed by atoms with Gasteiger partial charge in [-0.05, 0) is 17.1 Å². The van der Waals surface area contributed by atoms with Crippen molar-refractivity contribution in [2.45, 2.75) is 12.6 Å². The summed E-state index contributed by atoms with van der Waals surface area (Å²) in [5.41, 5.74) is 7.13. The fourth-order valence-electron chi connectivity index (χ4n) is 3.40. The number of nitriles is 1. The lowest BCUT2D eigenvalue weighted by atomic mass is 10.0. The van der Waals surface area contributed by atoms with Crippen molar-refractivity contribution in [2.24, 2.45) is 10.7 Å². The summed E-state index contributed by atoms with van der Waals surface area (Å²) >= 11 is 0. The lowest BCUT2D eigenvalue weighted by molar-refractivity contribution is -0.145. The van der Waals surface area contributed by atoms with Crippen molar-refractivity contribution < 1.29 is 27.5 Å². The highest BCUT2D eigenvalue weighted by molar-refractivity contribution is 6.05. The highest BCUT2D eigenvalue weighted by atomic mass is 19.4. The average molecular weight is 483 g/mol. The Labute approximate surface area is 194 Å². The van der Waals surface area contributed by atoms with Gasteiger partial charge in [0.2, 0.25) is 5.82 Å². The number of nitrogens with one attached hydrogen (secondary N) is 1. The summed E-state index contributed by atoms with van der Waals surface area (Å²) in [4.78, 5) is 13.4. The number of alkyl halides is 3. The molecule has 176 valence electrons. The van der Waals surface area contributed by atoms with E-state index in [0.717, 1.165) is 18.7 Å². The standard InChI is InChI=1S/C22H14F4N8O/c23-15-4-2-1-3-13(15)17-6-12(35-34-17)5-16-14(7-27)18(19(33-16)20(29)32-10-28)11-8-30-21(31-9-11)22(24,25)26/h1-4,6,8-10,33H,5H2,(H3,28,29,32)/p+1. The molecule has 9 nitrogen and oxygen atoms in total. The van der Waals surface area contributed by atoms with E-state index in [1.807, 2.05) is 6.07 Å². The summed E-state index contributed by atoms with van der Waals surface area (Å²) in [6.45, 7) is 0. The number of rotatable bonds is 6. The van der Waals surface area contributed by atoms with Gasteiger partial charge in [-0.15, -0.1) is 0 Å². The Bertz CT molecular complexity index is 1460. The molecule has 5 N–H and O–H groups in total. The molecule has 0 atom stereocenters. The molecule has 4 aromatic rings. The van der Waals surface area contributed by atoms with Gasteiger partial charge in [0.15, 0.2) is 0 Å². The van der Waals surface area contributed by atoms with Gasteiger partial charge < -0.3 is 15.2 Å². The normalized spacial score (nSPS) is 11.9. The molecule has 4 rings (SSSR count). The summed E-state index contributed by atoms with van der Waals surface area (Å²) in [7, 11) is 0. The van der Waals surface area contributed by atoms with Crippen LogP contribution in [0.5, 0.6) is 0 Å². The number of nitrogens with two attached hydrogens (primary N) is 2. The van der Waals surface area contributed by atoms with Crippen molar-refractivity contribution in [2.75, 3.05) is 0 Å². The maximum absolute atomic E-state index is 14.1. The van der Waals surface area contributed by atoms with Gasteiger partial charge in [-0.25, -0.2) is 14.4 Å². The van der Waals surface area contributed by atoms with Gasteiger partial charge >= 0.3 is 6.18 Å². The van der Waals surface area contributed by atoms with Crippen molar-refractivity contribution in [3.63, 3.8) is 0 Å². The van der Waals surface area contributed by atoms with Crippen LogP contribution in [0.2, 0.25) is 0 Å². The molecule has 13 heteroatoms. The summed E-state index contributed by atoms with van der Waals surface area (Å²) < 4.78 is 58.1. The van der Waals surface area contributed by atoms with Crippen LogP contribution in [-0.4, -0.2) is 32.3 Å². The van der Waals surface area contributed by atoms with Crippen molar-refractivity contribution in [3.05, 3.63) is 77.1 Å². The van der Waals surface area contributed by atoms with E-state index in [4.69, 9.17) is 15.7 Å². The number of nitrogens with zero attached hydrogens (tertiary/aromatic N) is 5. The molecule has 35 heavy (non-hydrogen) atoms. The van der Waals surface area contributed by atoms with E-state index in [9.17, 15) is 22.8 Å². The van der Waals surface area contributed by atoms with Crippen molar-refractivity contribution in [3.8, 4) is 28.5 Å². The van der Waals surface area contributed by atoms with Crippen LogP contribution in [0.25, 0.3) is 22.4 Å². The Morgan fingerprint density at radius 2 is 1.97 bits per heavy atom. The molecule has 0 fully saturated rings. The average Bonchev–Trinajstić information content (AvgIpc) is 3.44. The lowest BCUT2D eigenvalue weighted by Gasteiger charge is -2.06. The number of halogens is 4. The van der Waals surface area contributed by atoms with Crippen LogP contribution < -0.4 is 11.1 Å². The molecule has 0 unspecified atom stereocenters. The molecule has 0 spiro atoms. The van der Waals surface area contributed by atoms with Crippen molar-refractivity contribution >= 4 is 12.2 Å². The summed E-state index contributed by atoms with van der Waals surface area (Å²) in [6, 6.07) is 9.52. The first kappa shape index (κ1) is 23.3. The van der Waals surface area contributed by atoms with E-state index in [2.05, 4.69) is 25.1 Å². The van der Waals surface area contributed by atoms with E-state index in [0.29, 0.717) is 5.69 Å². The minimum absolute atomic E-state index is 0.00153. The van der Waals surface area contributed by atoms with E-state index in [1.165, 1.54) is 24.3 Å². The van der Waals surface area contributed by atoms with Crippen LogP contribution in [0.4, 0.5) is 17.6 Å². The maximum Gasteiger partial charge on any atom is 0.451 e. The molecule has 0 amide bonds. The summed E-state index contributed by atoms with van der Waals surface area (Å²) in [5.74, 6) is -1.67. The second kappa shape index (κ2) is 9.18. The van der Waals surface area contributed by atoms with Gasteiger partial charge in [0.1, 0.15) is 29.0 Å². The third kappa shape index (κ3) is 4.62. The Morgan fingerprint density at radius 3 is 2.60 bits per heavy atom. The fraction of sp³-hybridized carbons (Fsp3) is 0.0909. The Morgan fingerprint density at radius 1 is 1.26 bits per heavy atom. The van der Waals surface area contributed by atoms with Crippen LogP contribution in [0.1, 0.15) is 28.5 Å². The predicted molar refractivity (Wildman–Crippen MR) is 115 cm³/mol. The third-order valence-corrected chi connectivity index (χ3v) is 4.91. The molecule has 0 bridgehead atoms. The van der Waals surface area contributed by atoms with Gasteiger partial charge in [0, 0.05) is 40.8 Å². The molecule has 0 aliphatic carbocycles. The number of amidine groups is 1. The number of aliphatic imine (C=N–C) groups is 1. The molecular weight excluding hydrogens is 468 g/mol. The number of aromatic amines is 1. The van der Waals surface area contributed by atoms with Crippen LogP contribution in [0, 0.1) is 17.1 Å². The highest BCUT2D eigenvalue weighted by Gasteiger charge is 2.34. The predicted octanol–water partition coefficient (Wildman–Crippen LogP) is 2.24. The van der Waals surface area contributed by atoms with Gasteiger partial charge in [-0.1, -0.05) is 17.3 Å². The molecular formula is C22H15F4N8O+. The lowest BCUT2D eigenvalue weighted by Crippen LogP contribution is -2.30. The third-order valence-electron chi connectivity index (χ3n) is 4.91. The Kier molecular flexibility index (Phi) is 6.11. The smallest absolute Gasteiger partial charge is 0.361 e. The zero-order valence-electron chi connectivity index (χ0n) is 17.6. The number of benzene rings is 1. The fourth-order valence-corrected chi connectivity index (χ4v) is 3.40. The Hall–Kier alpha value is -4.86. The molecule has 0 radical (unpaired) electrons. The first-order chi connectivity index (χ1) is 16.7. The quantitative estimate of drug-likeness (QED) is 0.217. The topological polar surface area (TPSA) is 155 Å². The zero-order chi connectivity index (χ0) is 25.2. The van der Waals surface area contributed by atoms with E-state index in [-0.39, 0.29) is 51.7 Å². The van der Waals surface area contributed by atoms with Gasteiger partial charge in [0.05, 0.1) is 12.0 Å². The van der Waals surface area contributed by atoms with E-state index < -0.39 is 17.8 Å². The van der Waals surface area contributed by atoms with Gasteiger partial charge in [-0.3, -0.25) is 5.41 Å². The number of hydrogen-bond donors (Lipinski definition) is 3. The van der Waals surface area contributed by atoms with Crippen LogP contribution in [-0.2, 0) is 12.6 Å². The molecule has 0 aliphatic rings. The number of aromatic nitrogens is 4. The largest absolute Gasteiger partial charge is 0.451 e. The minimum atomic E-state index is -4.74.